The molecule has 2 aromatic rings. The van der Waals surface area contributed by atoms with Crippen LogP contribution in [0.5, 0.6) is 0 Å². The first-order valence-electron chi connectivity index (χ1n) is 7.38. The zero-order chi connectivity index (χ0) is 17.1. The van der Waals surface area contributed by atoms with Crippen molar-refractivity contribution >= 4 is 28.5 Å². The molecule has 0 fully saturated rings. The van der Waals surface area contributed by atoms with Crippen LogP contribution < -0.4 is 4.90 Å². The van der Waals surface area contributed by atoms with Gasteiger partial charge in [-0.3, -0.25) is 0 Å². The van der Waals surface area contributed by atoms with Gasteiger partial charge >= 0.3 is 5.97 Å². The molecule has 126 valence electrons. The van der Waals surface area contributed by atoms with Crippen LogP contribution in [0.4, 0.5) is 10.2 Å². The maximum atomic E-state index is 13.2. The van der Waals surface area contributed by atoms with Gasteiger partial charge in [-0.25, -0.2) is 14.2 Å². The minimum atomic E-state index is -0.505. The monoisotopic (exact) mass is 349 g/mol. The number of thioether (sulfide) groups is 1. The highest BCUT2D eigenvalue weighted by Gasteiger charge is 2.39. The summed E-state index contributed by atoms with van der Waals surface area (Å²) in [6.07, 6.45) is 3.06. The van der Waals surface area contributed by atoms with E-state index in [1.54, 1.807) is 30.2 Å². The number of benzene rings is 1. The van der Waals surface area contributed by atoms with E-state index in [-0.39, 0.29) is 19.0 Å². The summed E-state index contributed by atoms with van der Waals surface area (Å²) in [5.74, 6) is -0.291. The van der Waals surface area contributed by atoms with Gasteiger partial charge in [-0.15, -0.1) is 0 Å². The van der Waals surface area contributed by atoms with Crippen LogP contribution in [0.2, 0.25) is 0 Å². The first kappa shape index (κ1) is 16.5. The lowest BCUT2D eigenvalue weighted by Gasteiger charge is -2.24. The van der Waals surface area contributed by atoms with Crippen molar-refractivity contribution in [2.75, 3.05) is 18.1 Å². The number of hydrogen-bond donors (Lipinski definition) is 2. The van der Waals surface area contributed by atoms with E-state index < -0.39 is 11.3 Å². The first-order valence-corrected chi connectivity index (χ1v) is 8.26. The highest BCUT2D eigenvalue weighted by atomic mass is 32.2. The zero-order valence-electron chi connectivity index (χ0n) is 12.9. The largest absolute Gasteiger partial charge is 0.461 e. The predicted octanol–water partition coefficient (Wildman–Crippen LogP) is 2.35. The van der Waals surface area contributed by atoms with Crippen molar-refractivity contribution in [1.29, 1.82) is 0 Å². The number of aliphatic hydroxyl groups is 1. The topological polar surface area (TPSA) is 78.5 Å². The van der Waals surface area contributed by atoms with Gasteiger partial charge in [0.15, 0.2) is 0 Å². The van der Waals surface area contributed by atoms with Crippen LogP contribution in [0.15, 0.2) is 42.5 Å². The van der Waals surface area contributed by atoms with Crippen molar-refractivity contribution in [3.63, 3.8) is 0 Å². The molecule has 0 saturated carbocycles. The minimum absolute atomic E-state index is 0.183. The minimum Gasteiger partial charge on any atom is -0.461 e. The highest BCUT2D eigenvalue weighted by molar-refractivity contribution is 8.09. The van der Waals surface area contributed by atoms with Crippen molar-refractivity contribution in [2.45, 2.75) is 12.3 Å². The molecule has 24 heavy (non-hydrogen) atoms. The Labute approximate surface area is 142 Å². The smallest absolute Gasteiger partial charge is 0.356 e. The van der Waals surface area contributed by atoms with Gasteiger partial charge in [0.25, 0.3) is 0 Å². The van der Waals surface area contributed by atoms with Crippen LogP contribution in [0.25, 0.3) is 4.91 Å². The molecule has 6 nitrogen and oxygen atoms in total. The Bertz CT molecular complexity index is 746. The number of esters is 1. The lowest BCUT2D eigenvalue weighted by Crippen LogP contribution is -2.34. The molecule has 2 N–H and O–H groups in total. The Hall–Kier alpha value is -2.32. The number of aromatic nitrogens is 2. The van der Waals surface area contributed by atoms with Gasteiger partial charge in [0.1, 0.15) is 22.7 Å². The number of carbonyl (C=O) groups is 1. The Morgan fingerprint density at radius 2 is 2.21 bits per heavy atom. The molecule has 0 aliphatic carbocycles. The lowest BCUT2D eigenvalue weighted by molar-refractivity contribution is -0.138. The number of rotatable bonds is 5. The maximum absolute atomic E-state index is 13.2. The van der Waals surface area contributed by atoms with Crippen molar-refractivity contribution in [2.24, 2.45) is 0 Å². The second kappa shape index (κ2) is 7.06. The van der Waals surface area contributed by atoms with Gasteiger partial charge in [0.05, 0.1) is 25.7 Å². The molecule has 0 bridgehead atoms. The van der Waals surface area contributed by atoms with E-state index in [0.717, 1.165) is 0 Å². The summed E-state index contributed by atoms with van der Waals surface area (Å²) in [7, 11) is 0. The summed E-state index contributed by atoms with van der Waals surface area (Å²) in [5, 5.41) is 9.33. The number of ether oxygens (including phenoxy) is 1. The molecule has 3 rings (SSSR count). The second-order valence-electron chi connectivity index (χ2n) is 4.97. The van der Waals surface area contributed by atoms with Gasteiger partial charge in [-0.2, -0.15) is 0 Å². The van der Waals surface area contributed by atoms with E-state index in [1.165, 1.54) is 30.2 Å². The Balaban J connectivity index is 2.12. The summed E-state index contributed by atoms with van der Waals surface area (Å²) < 4.78 is 18.4. The SMILES string of the molecule is CCOC(=O)C1=C(c2ccc(F)cc2)SC(CO)N1c1cnc[nH]1. The average Bonchev–Trinajstić information content (AvgIpc) is 3.22. The first-order chi connectivity index (χ1) is 11.7. The van der Waals surface area contributed by atoms with Crippen LogP contribution in [0.3, 0.4) is 0 Å². The third kappa shape index (κ3) is 3.02. The fourth-order valence-electron chi connectivity index (χ4n) is 2.47. The molecule has 1 atom stereocenters. The van der Waals surface area contributed by atoms with Gasteiger partial charge in [0, 0.05) is 4.91 Å². The fraction of sp³-hybridized carbons (Fsp3) is 0.250. The van der Waals surface area contributed by atoms with Crippen molar-refractivity contribution in [3.05, 3.63) is 53.9 Å². The number of anilines is 1. The van der Waals surface area contributed by atoms with E-state index in [4.69, 9.17) is 4.74 Å². The Morgan fingerprint density at radius 3 is 2.79 bits per heavy atom. The third-order valence-corrected chi connectivity index (χ3v) is 4.77. The van der Waals surface area contributed by atoms with E-state index >= 15 is 0 Å². The number of hydrogen-bond acceptors (Lipinski definition) is 6. The van der Waals surface area contributed by atoms with E-state index in [0.29, 0.717) is 22.0 Å². The van der Waals surface area contributed by atoms with Gasteiger partial charge in [-0.1, -0.05) is 23.9 Å². The summed E-state index contributed by atoms with van der Waals surface area (Å²) >= 11 is 1.32. The molecule has 0 radical (unpaired) electrons. The van der Waals surface area contributed by atoms with Crippen LogP contribution >= 0.6 is 11.8 Å². The molecular weight excluding hydrogens is 333 g/mol. The quantitative estimate of drug-likeness (QED) is 0.807. The van der Waals surface area contributed by atoms with Crippen LogP contribution in [-0.2, 0) is 9.53 Å². The molecule has 1 aromatic heterocycles. The van der Waals surface area contributed by atoms with Crippen molar-refractivity contribution < 1.29 is 19.0 Å². The molecule has 0 saturated heterocycles. The standard InChI is InChI=1S/C16H16FN3O3S/c1-2-23-16(22)14-15(10-3-5-11(17)6-4-10)24-13(8-21)20(14)12-7-18-9-19-12/h3-7,9,13,21H,2,8H2,1H3,(H,18,19). The van der Waals surface area contributed by atoms with E-state index in [1.807, 2.05) is 0 Å². The Morgan fingerprint density at radius 1 is 1.46 bits per heavy atom. The maximum Gasteiger partial charge on any atom is 0.356 e. The summed E-state index contributed by atoms with van der Waals surface area (Å²) in [6, 6.07) is 5.86. The van der Waals surface area contributed by atoms with Crippen LogP contribution in [0, 0.1) is 5.82 Å². The molecule has 2 heterocycles. The molecule has 1 unspecified atom stereocenters. The molecule has 0 amide bonds. The van der Waals surface area contributed by atoms with Gasteiger partial charge in [-0.05, 0) is 24.6 Å². The Kier molecular flexibility index (Phi) is 4.86. The number of nitrogens with one attached hydrogen (secondary N) is 1. The molecule has 1 aliphatic heterocycles. The molecular formula is C16H16FN3O3S. The molecule has 8 heteroatoms. The summed E-state index contributed by atoms with van der Waals surface area (Å²) in [6.45, 7) is 1.77. The third-order valence-electron chi connectivity index (χ3n) is 3.47. The number of carbonyl (C=O) groups excluding carboxylic acids is 1. The second-order valence-corrected chi connectivity index (χ2v) is 6.16. The number of imidazole rings is 1. The molecule has 1 aromatic carbocycles. The average molecular weight is 349 g/mol. The van der Waals surface area contributed by atoms with E-state index in [9.17, 15) is 14.3 Å². The van der Waals surface area contributed by atoms with Gasteiger partial charge in [0.2, 0.25) is 0 Å². The predicted molar refractivity (Wildman–Crippen MR) is 89.5 cm³/mol. The van der Waals surface area contributed by atoms with Crippen LogP contribution in [-0.4, -0.2) is 39.6 Å². The van der Waals surface area contributed by atoms with Crippen LogP contribution in [0.1, 0.15) is 12.5 Å². The number of aliphatic hydroxyl groups excluding tert-OH is 1. The summed E-state index contributed by atoms with van der Waals surface area (Å²) in [5.41, 5.74) is 0.988. The number of halogens is 1. The van der Waals surface area contributed by atoms with Crippen molar-refractivity contribution in [1.82, 2.24) is 9.97 Å². The molecule has 1 aliphatic rings. The van der Waals surface area contributed by atoms with E-state index in [2.05, 4.69) is 9.97 Å². The van der Waals surface area contributed by atoms with Crippen molar-refractivity contribution in [3.8, 4) is 0 Å². The number of H-pyrrole nitrogens is 1. The summed E-state index contributed by atoms with van der Waals surface area (Å²) in [4.78, 5) is 21.7. The lowest BCUT2D eigenvalue weighted by atomic mass is 10.1. The number of aromatic amines is 1. The normalized spacial score (nSPS) is 17.5. The molecule has 0 spiro atoms. The zero-order valence-corrected chi connectivity index (χ0v) is 13.7. The van der Waals surface area contributed by atoms with Gasteiger partial charge < -0.3 is 19.7 Å². The fourth-order valence-corrected chi connectivity index (χ4v) is 3.71. The highest BCUT2D eigenvalue weighted by Crippen LogP contribution is 2.46. The number of nitrogens with zero attached hydrogens (tertiary/aromatic N) is 2.